The minimum atomic E-state index is -0.0460. The van der Waals surface area contributed by atoms with Gasteiger partial charge in [-0.3, -0.25) is 9.79 Å². The maximum Gasteiger partial charge on any atom is 0.306 e. The van der Waals surface area contributed by atoms with Crippen molar-refractivity contribution in [1.29, 1.82) is 0 Å². The summed E-state index contributed by atoms with van der Waals surface area (Å²) in [6, 6.07) is 0. The Bertz CT molecular complexity index is 384. The number of hydrogen-bond donors (Lipinski definition) is 1. The molecule has 1 unspecified atom stereocenters. The molecule has 23 heavy (non-hydrogen) atoms. The summed E-state index contributed by atoms with van der Waals surface area (Å²) in [5.41, 5.74) is 0. The van der Waals surface area contributed by atoms with E-state index in [4.69, 9.17) is 4.74 Å². The van der Waals surface area contributed by atoms with Crippen LogP contribution < -0.4 is 5.32 Å². The molecule has 0 amide bonds. The summed E-state index contributed by atoms with van der Waals surface area (Å²) in [6.07, 6.45) is 8.51. The fourth-order valence-electron chi connectivity index (χ4n) is 3.40. The van der Waals surface area contributed by atoms with Gasteiger partial charge >= 0.3 is 5.97 Å². The van der Waals surface area contributed by atoms with E-state index in [2.05, 4.69) is 22.1 Å². The van der Waals surface area contributed by atoms with E-state index in [1.165, 1.54) is 25.7 Å². The molecule has 5 nitrogen and oxygen atoms in total. The first-order valence-corrected chi connectivity index (χ1v) is 8.84. The van der Waals surface area contributed by atoms with Crippen LogP contribution in [0.15, 0.2) is 4.99 Å². The lowest BCUT2D eigenvalue weighted by atomic mass is 10.0. The van der Waals surface area contributed by atoms with Gasteiger partial charge in [0.05, 0.1) is 0 Å². The Balaban J connectivity index is 0.00000264. The Hall–Kier alpha value is -0.530. The van der Waals surface area contributed by atoms with Crippen LogP contribution in [0, 0.1) is 5.92 Å². The van der Waals surface area contributed by atoms with E-state index in [1.54, 1.807) is 0 Å². The summed E-state index contributed by atoms with van der Waals surface area (Å²) >= 11 is 0. The van der Waals surface area contributed by atoms with E-state index < -0.39 is 0 Å². The molecule has 1 aliphatic heterocycles. The first kappa shape index (κ1) is 20.5. The van der Waals surface area contributed by atoms with Gasteiger partial charge in [-0.1, -0.05) is 6.92 Å². The number of esters is 1. The van der Waals surface area contributed by atoms with Crippen LogP contribution in [0.1, 0.15) is 58.3 Å². The molecule has 0 aromatic carbocycles. The van der Waals surface area contributed by atoms with Crippen molar-refractivity contribution in [2.24, 2.45) is 10.9 Å². The number of piperidine rings is 1. The highest BCUT2D eigenvalue weighted by Crippen LogP contribution is 2.21. The Morgan fingerprint density at radius 2 is 2.00 bits per heavy atom. The second kappa shape index (κ2) is 11.1. The number of hydrogen-bond acceptors (Lipinski definition) is 3. The summed E-state index contributed by atoms with van der Waals surface area (Å²) < 4.78 is 5.47. The van der Waals surface area contributed by atoms with Crippen LogP contribution in [0.4, 0.5) is 0 Å². The maximum atomic E-state index is 11.8. The smallest absolute Gasteiger partial charge is 0.306 e. The number of guanidine groups is 1. The zero-order chi connectivity index (χ0) is 15.8. The first-order valence-electron chi connectivity index (χ1n) is 8.84. The SMILES string of the molecule is CN=C(NCCCC(=O)OC1CCCC1)N1CCCC(C)C1.I. The molecule has 1 heterocycles. The van der Waals surface area contributed by atoms with E-state index in [0.29, 0.717) is 6.42 Å². The number of rotatable bonds is 5. The van der Waals surface area contributed by atoms with Crippen LogP contribution in [0.3, 0.4) is 0 Å². The normalized spacial score (nSPS) is 22.6. The molecule has 1 N–H and O–H groups in total. The number of nitrogens with zero attached hydrogens (tertiary/aromatic N) is 2. The van der Waals surface area contributed by atoms with E-state index in [9.17, 15) is 4.79 Å². The monoisotopic (exact) mass is 437 g/mol. The quantitative estimate of drug-likeness (QED) is 0.236. The first-order chi connectivity index (χ1) is 10.7. The highest BCUT2D eigenvalue weighted by molar-refractivity contribution is 14.0. The molecule has 2 fully saturated rings. The van der Waals surface area contributed by atoms with Gasteiger partial charge in [0, 0.05) is 33.1 Å². The number of likely N-dealkylation sites (tertiary alicyclic amines) is 1. The zero-order valence-corrected chi connectivity index (χ0v) is 16.9. The Morgan fingerprint density at radius 3 is 2.65 bits per heavy atom. The van der Waals surface area contributed by atoms with Gasteiger partial charge in [0.15, 0.2) is 5.96 Å². The van der Waals surface area contributed by atoms with Crippen LogP contribution in [-0.2, 0) is 9.53 Å². The minimum Gasteiger partial charge on any atom is -0.462 e. The van der Waals surface area contributed by atoms with Crippen molar-refractivity contribution in [2.75, 3.05) is 26.7 Å². The Morgan fingerprint density at radius 1 is 1.26 bits per heavy atom. The molecule has 1 saturated heterocycles. The highest BCUT2D eigenvalue weighted by atomic mass is 127. The molecule has 0 aromatic heterocycles. The summed E-state index contributed by atoms with van der Waals surface area (Å²) in [4.78, 5) is 18.5. The van der Waals surface area contributed by atoms with Crippen LogP contribution >= 0.6 is 24.0 Å². The lowest BCUT2D eigenvalue weighted by Crippen LogP contribution is -2.46. The molecular weight excluding hydrogens is 405 g/mol. The molecule has 6 heteroatoms. The summed E-state index contributed by atoms with van der Waals surface area (Å²) in [6.45, 7) is 5.22. The second-order valence-electron chi connectivity index (χ2n) is 6.67. The maximum absolute atomic E-state index is 11.8. The van der Waals surface area contributed by atoms with E-state index in [0.717, 1.165) is 50.8 Å². The fourth-order valence-corrected chi connectivity index (χ4v) is 3.40. The summed E-state index contributed by atoms with van der Waals surface area (Å²) in [5, 5.41) is 3.38. The number of carbonyl (C=O) groups is 1. The molecule has 0 bridgehead atoms. The lowest BCUT2D eigenvalue weighted by molar-refractivity contribution is -0.148. The second-order valence-corrected chi connectivity index (χ2v) is 6.67. The Labute approximate surface area is 157 Å². The third-order valence-electron chi connectivity index (χ3n) is 4.61. The average Bonchev–Trinajstić information content (AvgIpc) is 3.00. The van der Waals surface area contributed by atoms with Crippen LogP contribution in [-0.4, -0.2) is 49.6 Å². The number of halogens is 1. The molecule has 2 rings (SSSR count). The van der Waals surface area contributed by atoms with Crippen molar-refractivity contribution in [2.45, 2.75) is 64.4 Å². The predicted octanol–water partition coefficient (Wildman–Crippen LogP) is 3.18. The van der Waals surface area contributed by atoms with Gasteiger partial charge in [0.25, 0.3) is 0 Å². The van der Waals surface area contributed by atoms with Crippen molar-refractivity contribution in [3.8, 4) is 0 Å². The fraction of sp³-hybridized carbons (Fsp3) is 0.882. The van der Waals surface area contributed by atoms with E-state index in [1.807, 2.05) is 7.05 Å². The van der Waals surface area contributed by atoms with E-state index in [-0.39, 0.29) is 36.0 Å². The van der Waals surface area contributed by atoms with Gasteiger partial charge < -0.3 is 15.0 Å². The number of ether oxygens (including phenoxy) is 1. The summed E-state index contributed by atoms with van der Waals surface area (Å²) in [7, 11) is 1.83. The van der Waals surface area contributed by atoms with Crippen molar-refractivity contribution in [1.82, 2.24) is 10.2 Å². The highest BCUT2D eigenvalue weighted by Gasteiger charge is 2.20. The lowest BCUT2D eigenvalue weighted by Gasteiger charge is -2.33. The predicted molar refractivity (Wildman–Crippen MR) is 104 cm³/mol. The van der Waals surface area contributed by atoms with Gasteiger partial charge in [0.1, 0.15) is 6.10 Å². The van der Waals surface area contributed by atoms with Crippen LogP contribution in [0.5, 0.6) is 0 Å². The third-order valence-corrected chi connectivity index (χ3v) is 4.61. The number of nitrogens with one attached hydrogen (secondary N) is 1. The van der Waals surface area contributed by atoms with Crippen molar-refractivity contribution >= 4 is 35.9 Å². The largest absolute Gasteiger partial charge is 0.462 e. The van der Waals surface area contributed by atoms with Crippen LogP contribution in [0.2, 0.25) is 0 Å². The van der Waals surface area contributed by atoms with Crippen LogP contribution in [0.25, 0.3) is 0 Å². The van der Waals surface area contributed by atoms with Crippen molar-refractivity contribution < 1.29 is 9.53 Å². The third kappa shape index (κ3) is 7.27. The molecule has 1 atom stereocenters. The van der Waals surface area contributed by atoms with E-state index >= 15 is 0 Å². The Kier molecular flexibility index (Phi) is 9.90. The molecule has 0 aromatic rings. The zero-order valence-electron chi connectivity index (χ0n) is 14.6. The minimum absolute atomic E-state index is 0. The topological polar surface area (TPSA) is 53.9 Å². The molecule has 1 saturated carbocycles. The van der Waals surface area contributed by atoms with Crippen molar-refractivity contribution in [3.63, 3.8) is 0 Å². The standard InChI is InChI=1S/C17H31N3O2.HI/c1-14-7-6-12-20(13-14)17(18-2)19-11-5-10-16(21)22-15-8-3-4-9-15;/h14-15H,3-13H2,1-2H3,(H,18,19);1H. The number of aliphatic imine (C=N–C) groups is 1. The molecule has 0 radical (unpaired) electrons. The van der Waals surface area contributed by atoms with Gasteiger partial charge in [0.2, 0.25) is 0 Å². The molecule has 134 valence electrons. The molecule has 2 aliphatic rings. The average molecular weight is 437 g/mol. The van der Waals surface area contributed by atoms with Crippen molar-refractivity contribution in [3.05, 3.63) is 0 Å². The molecule has 0 spiro atoms. The van der Waals surface area contributed by atoms with Gasteiger partial charge in [-0.15, -0.1) is 24.0 Å². The molecular formula is C17H32IN3O2. The summed E-state index contributed by atoms with van der Waals surface area (Å²) in [5.74, 6) is 1.65. The number of carbonyl (C=O) groups excluding carboxylic acids is 1. The van der Waals surface area contributed by atoms with Gasteiger partial charge in [-0.25, -0.2) is 0 Å². The van der Waals surface area contributed by atoms with Gasteiger partial charge in [-0.2, -0.15) is 0 Å². The molecule has 1 aliphatic carbocycles. The van der Waals surface area contributed by atoms with Gasteiger partial charge in [-0.05, 0) is 50.9 Å².